The number of nitrogens with zero attached hydrogens (tertiary/aromatic N) is 2. The van der Waals surface area contributed by atoms with Crippen molar-refractivity contribution in [3.63, 3.8) is 0 Å². The largest absolute Gasteiger partial charge is 0.495 e. The zero-order valence-electron chi connectivity index (χ0n) is 18.2. The number of halogens is 1. The summed E-state index contributed by atoms with van der Waals surface area (Å²) in [5.74, 6) is -0.535. The van der Waals surface area contributed by atoms with Gasteiger partial charge in [-0.2, -0.15) is 0 Å². The van der Waals surface area contributed by atoms with Gasteiger partial charge in [0.15, 0.2) is 0 Å². The van der Waals surface area contributed by atoms with E-state index in [0.29, 0.717) is 35.7 Å². The third kappa shape index (κ3) is 5.23. The number of rotatable bonds is 6. The summed E-state index contributed by atoms with van der Waals surface area (Å²) in [4.78, 5) is 27.5. The van der Waals surface area contributed by atoms with E-state index >= 15 is 0 Å². The number of hydrogen-bond donors (Lipinski definition) is 1. The molecule has 1 aliphatic rings. The summed E-state index contributed by atoms with van der Waals surface area (Å²) in [6, 6.07) is 10.9. The Labute approximate surface area is 193 Å². The summed E-state index contributed by atoms with van der Waals surface area (Å²) < 4.78 is 31.3. The summed E-state index contributed by atoms with van der Waals surface area (Å²) in [5.41, 5.74) is 0.778. The average molecular weight is 480 g/mol. The van der Waals surface area contributed by atoms with Crippen LogP contribution in [0.4, 0.5) is 5.69 Å². The number of benzene rings is 2. The molecule has 2 aromatic rings. The van der Waals surface area contributed by atoms with E-state index < -0.39 is 15.9 Å². The van der Waals surface area contributed by atoms with Crippen LogP contribution in [0, 0.1) is 5.92 Å². The van der Waals surface area contributed by atoms with Crippen LogP contribution in [-0.4, -0.2) is 63.7 Å². The normalized spacial score (nSPS) is 16.7. The summed E-state index contributed by atoms with van der Waals surface area (Å²) in [7, 11) is 0.641. The highest BCUT2D eigenvalue weighted by Crippen LogP contribution is 2.30. The first-order valence-electron chi connectivity index (χ1n) is 10.1. The van der Waals surface area contributed by atoms with Gasteiger partial charge in [0.2, 0.25) is 15.9 Å². The molecule has 1 fully saturated rings. The molecule has 1 aliphatic heterocycles. The van der Waals surface area contributed by atoms with Gasteiger partial charge in [0.05, 0.1) is 23.6 Å². The van der Waals surface area contributed by atoms with Crippen molar-refractivity contribution in [2.24, 2.45) is 5.92 Å². The Morgan fingerprint density at radius 1 is 1.16 bits per heavy atom. The molecule has 32 heavy (non-hydrogen) atoms. The number of anilines is 1. The van der Waals surface area contributed by atoms with Gasteiger partial charge in [-0.05, 0) is 55.3 Å². The first-order valence-corrected chi connectivity index (χ1v) is 11.9. The van der Waals surface area contributed by atoms with Gasteiger partial charge < -0.3 is 15.0 Å². The fourth-order valence-electron chi connectivity index (χ4n) is 3.54. The second-order valence-corrected chi connectivity index (χ2v) is 10.3. The van der Waals surface area contributed by atoms with Gasteiger partial charge >= 0.3 is 0 Å². The maximum Gasteiger partial charge on any atom is 0.253 e. The lowest BCUT2D eigenvalue weighted by Gasteiger charge is -2.32. The lowest BCUT2D eigenvalue weighted by Crippen LogP contribution is -2.43. The standard InChI is InChI=1S/C22H26ClN3O5S/c1-25(2)32(29,30)18-10-11-20(31-3)19(13-18)24-21(27)16-5-4-12-26(14-16)22(28)15-6-8-17(23)9-7-15/h6-11,13,16H,4-5,12,14H2,1-3H3,(H,24,27). The molecule has 0 radical (unpaired) electrons. The van der Waals surface area contributed by atoms with E-state index in [9.17, 15) is 18.0 Å². The molecule has 0 spiro atoms. The van der Waals surface area contributed by atoms with E-state index in [1.54, 1.807) is 29.2 Å². The maximum atomic E-state index is 13.0. The van der Waals surface area contributed by atoms with Crippen molar-refractivity contribution in [2.75, 3.05) is 39.6 Å². The Balaban J connectivity index is 1.76. The van der Waals surface area contributed by atoms with Crippen LogP contribution in [0.15, 0.2) is 47.4 Å². The highest BCUT2D eigenvalue weighted by Gasteiger charge is 2.30. The molecule has 0 aliphatic carbocycles. The molecule has 2 amide bonds. The SMILES string of the molecule is COc1ccc(S(=O)(=O)N(C)C)cc1NC(=O)C1CCCN(C(=O)c2ccc(Cl)cc2)C1. The third-order valence-electron chi connectivity index (χ3n) is 5.38. The number of methoxy groups -OCH3 is 1. The van der Waals surface area contributed by atoms with Gasteiger partial charge in [0, 0.05) is 37.8 Å². The lowest BCUT2D eigenvalue weighted by molar-refractivity contribution is -0.121. The van der Waals surface area contributed by atoms with Gasteiger partial charge in [0.25, 0.3) is 5.91 Å². The predicted octanol–water partition coefficient (Wildman–Crippen LogP) is 3.09. The molecule has 1 atom stereocenters. The van der Waals surface area contributed by atoms with Gasteiger partial charge in [-0.1, -0.05) is 11.6 Å². The average Bonchev–Trinajstić information content (AvgIpc) is 2.79. The zero-order valence-corrected chi connectivity index (χ0v) is 19.7. The summed E-state index contributed by atoms with van der Waals surface area (Å²) >= 11 is 5.90. The highest BCUT2D eigenvalue weighted by atomic mass is 35.5. The van der Waals surface area contributed by atoms with Gasteiger partial charge in [-0.3, -0.25) is 9.59 Å². The van der Waals surface area contributed by atoms with Gasteiger partial charge in [-0.25, -0.2) is 12.7 Å². The molecule has 1 unspecified atom stereocenters. The number of piperidine rings is 1. The number of sulfonamides is 1. The van der Waals surface area contributed by atoms with Crippen LogP contribution in [0.5, 0.6) is 5.75 Å². The molecule has 1 N–H and O–H groups in total. The first kappa shape index (κ1) is 24.0. The van der Waals surface area contributed by atoms with Crippen LogP contribution in [0.1, 0.15) is 23.2 Å². The summed E-state index contributed by atoms with van der Waals surface area (Å²) in [5, 5.41) is 3.33. The fourth-order valence-corrected chi connectivity index (χ4v) is 4.60. The van der Waals surface area contributed by atoms with E-state index in [-0.39, 0.29) is 28.9 Å². The van der Waals surface area contributed by atoms with Crippen molar-refractivity contribution in [1.29, 1.82) is 0 Å². The van der Waals surface area contributed by atoms with Crippen molar-refractivity contribution in [2.45, 2.75) is 17.7 Å². The van der Waals surface area contributed by atoms with Gasteiger partial charge in [0.1, 0.15) is 5.75 Å². The first-order chi connectivity index (χ1) is 15.1. The molecular formula is C22H26ClN3O5S. The monoisotopic (exact) mass is 479 g/mol. The number of carbonyl (C=O) groups is 2. The summed E-state index contributed by atoms with van der Waals surface area (Å²) in [6.45, 7) is 0.830. The molecule has 0 bridgehead atoms. The molecule has 2 aromatic carbocycles. The van der Waals surface area contributed by atoms with Crippen molar-refractivity contribution < 1.29 is 22.7 Å². The number of nitrogens with one attached hydrogen (secondary N) is 1. The topological polar surface area (TPSA) is 96.0 Å². The van der Waals surface area contributed by atoms with Crippen LogP contribution in [0.3, 0.4) is 0 Å². The van der Waals surface area contributed by atoms with Gasteiger partial charge in [-0.15, -0.1) is 0 Å². The Bertz CT molecular complexity index is 1100. The van der Waals surface area contributed by atoms with Crippen molar-refractivity contribution in [3.05, 3.63) is 53.1 Å². The number of amides is 2. The number of carbonyl (C=O) groups excluding carboxylic acids is 2. The predicted molar refractivity (Wildman–Crippen MR) is 123 cm³/mol. The Kier molecular flexibility index (Phi) is 7.43. The van der Waals surface area contributed by atoms with Crippen molar-refractivity contribution >= 4 is 39.1 Å². The molecule has 8 nitrogen and oxygen atoms in total. The molecule has 0 aromatic heterocycles. The van der Waals surface area contributed by atoms with Crippen LogP contribution >= 0.6 is 11.6 Å². The van der Waals surface area contributed by atoms with Crippen LogP contribution in [0.2, 0.25) is 5.02 Å². The van der Waals surface area contributed by atoms with E-state index in [4.69, 9.17) is 16.3 Å². The van der Waals surface area contributed by atoms with Crippen LogP contribution in [0.25, 0.3) is 0 Å². The molecule has 0 saturated carbocycles. The Morgan fingerprint density at radius 2 is 1.84 bits per heavy atom. The van der Waals surface area contributed by atoms with Crippen molar-refractivity contribution in [3.8, 4) is 5.75 Å². The Morgan fingerprint density at radius 3 is 2.47 bits per heavy atom. The third-order valence-corrected chi connectivity index (χ3v) is 7.44. The number of likely N-dealkylation sites (tertiary alicyclic amines) is 1. The highest BCUT2D eigenvalue weighted by molar-refractivity contribution is 7.89. The minimum absolute atomic E-state index is 0.0433. The summed E-state index contributed by atoms with van der Waals surface area (Å²) in [6.07, 6.45) is 1.30. The zero-order chi connectivity index (χ0) is 23.5. The second kappa shape index (κ2) is 9.89. The van der Waals surface area contributed by atoms with E-state index in [2.05, 4.69) is 5.32 Å². The lowest BCUT2D eigenvalue weighted by atomic mass is 9.96. The fraction of sp³-hybridized carbons (Fsp3) is 0.364. The maximum absolute atomic E-state index is 13.0. The molecule has 172 valence electrons. The van der Waals surface area contributed by atoms with Crippen LogP contribution < -0.4 is 10.1 Å². The molecular weight excluding hydrogens is 454 g/mol. The molecule has 1 saturated heterocycles. The van der Waals surface area contributed by atoms with E-state index in [0.717, 1.165) is 4.31 Å². The smallest absolute Gasteiger partial charge is 0.253 e. The minimum atomic E-state index is -3.67. The van der Waals surface area contributed by atoms with E-state index in [1.807, 2.05) is 0 Å². The molecule has 10 heteroatoms. The quantitative estimate of drug-likeness (QED) is 0.686. The minimum Gasteiger partial charge on any atom is -0.495 e. The molecule has 3 rings (SSSR count). The Hall–Kier alpha value is -2.62. The van der Waals surface area contributed by atoms with E-state index in [1.165, 1.54) is 39.4 Å². The van der Waals surface area contributed by atoms with Crippen molar-refractivity contribution in [1.82, 2.24) is 9.21 Å². The number of hydrogen-bond acceptors (Lipinski definition) is 5. The van der Waals surface area contributed by atoms with Crippen LogP contribution in [-0.2, 0) is 14.8 Å². The molecule has 1 heterocycles. The number of ether oxygens (including phenoxy) is 1. The second-order valence-electron chi connectivity index (χ2n) is 7.74.